The van der Waals surface area contributed by atoms with Gasteiger partial charge in [-0.1, -0.05) is 23.7 Å². The van der Waals surface area contributed by atoms with E-state index in [1.807, 2.05) is 24.3 Å². The van der Waals surface area contributed by atoms with E-state index in [1.54, 1.807) is 18.5 Å². The number of nitrogens with two attached hydrogens (primary N) is 1. The van der Waals surface area contributed by atoms with E-state index < -0.39 is 0 Å². The van der Waals surface area contributed by atoms with Gasteiger partial charge in [-0.15, -0.1) is 0 Å². The smallest absolute Gasteiger partial charge is 0.253 e. The van der Waals surface area contributed by atoms with Crippen LogP contribution >= 0.6 is 11.6 Å². The molecule has 0 atom stereocenters. The van der Waals surface area contributed by atoms with Crippen molar-refractivity contribution in [2.45, 2.75) is 13.0 Å². The van der Waals surface area contributed by atoms with Crippen LogP contribution in [0, 0.1) is 0 Å². The summed E-state index contributed by atoms with van der Waals surface area (Å²) in [5.41, 5.74) is 7.32. The average molecular weight is 425 g/mol. The van der Waals surface area contributed by atoms with Crippen LogP contribution < -0.4 is 16.0 Å². The van der Waals surface area contributed by atoms with Gasteiger partial charge in [-0.25, -0.2) is 9.97 Å². The summed E-state index contributed by atoms with van der Waals surface area (Å²) in [5, 5.41) is 5.33. The fourth-order valence-electron chi connectivity index (χ4n) is 3.69. The number of hydrogen-bond donors (Lipinski definition) is 2. The predicted octanol–water partition coefficient (Wildman–Crippen LogP) is 2.94. The van der Waals surface area contributed by atoms with Gasteiger partial charge in [0.25, 0.3) is 5.91 Å². The number of likely N-dealkylation sites (N-methyl/N-ethyl adjacent to an activating group) is 1. The van der Waals surface area contributed by atoms with E-state index in [4.69, 9.17) is 17.3 Å². The topological polar surface area (TPSA) is 87.4 Å². The van der Waals surface area contributed by atoms with Crippen LogP contribution in [0.2, 0.25) is 5.02 Å². The van der Waals surface area contributed by atoms with E-state index in [0.717, 1.165) is 54.8 Å². The van der Waals surface area contributed by atoms with Gasteiger partial charge < -0.3 is 20.9 Å². The summed E-state index contributed by atoms with van der Waals surface area (Å²) in [7, 11) is 2.12. The molecule has 3 aromatic rings. The lowest BCUT2D eigenvalue weighted by Crippen LogP contribution is -2.30. The highest BCUT2D eigenvalue weighted by Gasteiger charge is 2.18. The summed E-state index contributed by atoms with van der Waals surface area (Å²) in [5.74, 6) is 1.03. The molecule has 7 nitrogen and oxygen atoms in total. The number of nitrogen functional groups attached to an aromatic ring is 1. The molecule has 1 fully saturated rings. The average Bonchev–Trinajstić information content (AvgIpc) is 2.96. The third-order valence-corrected chi connectivity index (χ3v) is 5.69. The molecule has 0 unspecified atom stereocenters. The van der Waals surface area contributed by atoms with Gasteiger partial charge in [0.2, 0.25) is 0 Å². The minimum atomic E-state index is -0.208. The van der Waals surface area contributed by atoms with Gasteiger partial charge in [0.15, 0.2) is 0 Å². The molecular formula is C22H25ClN6O. The Labute approximate surface area is 180 Å². The van der Waals surface area contributed by atoms with Crippen molar-refractivity contribution in [3.05, 3.63) is 58.9 Å². The molecule has 0 saturated carbocycles. The second kappa shape index (κ2) is 8.85. The Bertz CT molecular complexity index is 1070. The zero-order valence-corrected chi connectivity index (χ0v) is 17.7. The minimum Gasteiger partial charge on any atom is -0.383 e. The van der Waals surface area contributed by atoms with Crippen LogP contribution in [-0.2, 0) is 6.54 Å². The zero-order valence-electron chi connectivity index (χ0n) is 16.9. The molecule has 1 amide bonds. The van der Waals surface area contributed by atoms with Gasteiger partial charge >= 0.3 is 0 Å². The molecular weight excluding hydrogens is 400 g/mol. The van der Waals surface area contributed by atoms with Gasteiger partial charge in [-0.05, 0) is 49.2 Å². The van der Waals surface area contributed by atoms with Crippen molar-refractivity contribution in [2.24, 2.45) is 0 Å². The number of rotatable bonds is 4. The number of amides is 1. The van der Waals surface area contributed by atoms with Gasteiger partial charge in [0.1, 0.15) is 11.6 Å². The molecule has 8 heteroatoms. The minimum absolute atomic E-state index is 0.208. The number of benzene rings is 1. The number of nitrogens with zero attached hydrogens (tertiary/aromatic N) is 4. The van der Waals surface area contributed by atoms with E-state index in [0.29, 0.717) is 22.9 Å². The first kappa shape index (κ1) is 20.4. The van der Waals surface area contributed by atoms with Crippen molar-refractivity contribution < 1.29 is 4.79 Å². The lowest BCUT2D eigenvalue weighted by Gasteiger charge is -2.22. The van der Waals surface area contributed by atoms with Crippen molar-refractivity contribution in [1.82, 2.24) is 20.2 Å². The third kappa shape index (κ3) is 4.47. The Hall–Kier alpha value is -2.90. The van der Waals surface area contributed by atoms with Crippen molar-refractivity contribution >= 4 is 39.9 Å². The molecule has 0 bridgehead atoms. The van der Waals surface area contributed by atoms with Crippen LogP contribution in [0.3, 0.4) is 0 Å². The SMILES string of the molecule is CN1CCCN(c2ncc(C(=O)NCc3ccc4c(N)nccc4c3)cc2Cl)CC1. The standard InChI is InChI=1S/C22H25ClN6O/c1-28-7-2-8-29(10-9-28)21-19(23)12-17(14-26-21)22(30)27-13-15-3-4-18-16(11-15)5-6-25-20(18)24/h3-6,11-12,14H,2,7-10,13H2,1H3,(H2,24,25)(H,27,30). The Kier molecular flexibility index (Phi) is 6.01. The molecule has 156 valence electrons. The van der Waals surface area contributed by atoms with Gasteiger partial charge in [0.05, 0.1) is 10.6 Å². The Morgan fingerprint density at radius 3 is 2.87 bits per heavy atom. The van der Waals surface area contributed by atoms with Crippen molar-refractivity contribution in [2.75, 3.05) is 43.9 Å². The van der Waals surface area contributed by atoms with Gasteiger partial charge in [0, 0.05) is 44.0 Å². The van der Waals surface area contributed by atoms with E-state index in [2.05, 4.69) is 32.1 Å². The highest BCUT2D eigenvalue weighted by atomic mass is 35.5. The summed E-state index contributed by atoms with van der Waals surface area (Å²) in [6.45, 7) is 4.20. The molecule has 0 radical (unpaired) electrons. The zero-order chi connectivity index (χ0) is 21.1. The molecule has 1 saturated heterocycles. The van der Waals surface area contributed by atoms with Crippen molar-refractivity contribution in [3.8, 4) is 0 Å². The molecule has 1 aliphatic rings. The maximum Gasteiger partial charge on any atom is 0.253 e. The van der Waals surface area contributed by atoms with E-state index in [-0.39, 0.29) is 5.91 Å². The number of nitrogens with one attached hydrogen (secondary N) is 1. The second-order valence-electron chi connectivity index (χ2n) is 7.61. The first-order chi connectivity index (χ1) is 14.5. The Balaban J connectivity index is 1.43. The van der Waals surface area contributed by atoms with Crippen molar-refractivity contribution in [1.29, 1.82) is 0 Å². The van der Waals surface area contributed by atoms with Gasteiger partial charge in [-0.3, -0.25) is 4.79 Å². The maximum atomic E-state index is 12.6. The number of hydrogen-bond acceptors (Lipinski definition) is 6. The lowest BCUT2D eigenvalue weighted by atomic mass is 10.1. The first-order valence-electron chi connectivity index (χ1n) is 10.0. The number of anilines is 2. The lowest BCUT2D eigenvalue weighted by molar-refractivity contribution is 0.0950. The summed E-state index contributed by atoms with van der Waals surface area (Å²) >= 11 is 6.48. The summed E-state index contributed by atoms with van der Waals surface area (Å²) in [4.78, 5) is 25.7. The monoisotopic (exact) mass is 424 g/mol. The molecule has 3 heterocycles. The van der Waals surface area contributed by atoms with E-state index in [1.165, 1.54) is 0 Å². The quantitative estimate of drug-likeness (QED) is 0.669. The second-order valence-corrected chi connectivity index (χ2v) is 8.01. The largest absolute Gasteiger partial charge is 0.383 e. The van der Waals surface area contributed by atoms with Crippen LogP contribution in [0.15, 0.2) is 42.7 Å². The number of halogens is 1. The number of aromatic nitrogens is 2. The predicted molar refractivity (Wildman–Crippen MR) is 121 cm³/mol. The van der Waals surface area contributed by atoms with Crippen LogP contribution in [0.5, 0.6) is 0 Å². The molecule has 0 aliphatic carbocycles. The summed E-state index contributed by atoms with van der Waals surface area (Å²) < 4.78 is 0. The number of carbonyl (C=O) groups excluding carboxylic acids is 1. The summed E-state index contributed by atoms with van der Waals surface area (Å²) in [6, 6.07) is 9.45. The van der Waals surface area contributed by atoms with E-state index in [9.17, 15) is 4.79 Å². The summed E-state index contributed by atoms with van der Waals surface area (Å²) in [6.07, 6.45) is 4.33. The molecule has 1 aromatic carbocycles. The molecule has 0 spiro atoms. The fourth-order valence-corrected chi connectivity index (χ4v) is 3.98. The normalized spacial score (nSPS) is 15.2. The van der Waals surface area contributed by atoms with E-state index >= 15 is 0 Å². The molecule has 2 aromatic heterocycles. The Morgan fingerprint density at radius 2 is 2.03 bits per heavy atom. The number of fused-ring (bicyclic) bond motifs is 1. The highest BCUT2D eigenvalue weighted by molar-refractivity contribution is 6.33. The van der Waals surface area contributed by atoms with Gasteiger partial charge in [-0.2, -0.15) is 0 Å². The maximum absolute atomic E-state index is 12.6. The van der Waals surface area contributed by atoms with Crippen LogP contribution in [0.4, 0.5) is 11.6 Å². The molecule has 4 rings (SSSR count). The fraction of sp³-hybridized carbons (Fsp3) is 0.318. The third-order valence-electron chi connectivity index (χ3n) is 5.42. The molecule has 1 aliphatic heterocycles. The Morgan fingerprint density at radius 1 is 1.17 bits per heavy atom. The number of carbonyl (C=O) groups is 1. The van der Waals surface area contributed by atoms with Crippen LogP contribution in [0.1, 0.15) is 22.3 Å². The van der Waals surface area contributed by atoms with Crippen LogP contribution in [-0.4, -0.2) is 54.0 Å². The van der Waals surface area contributed by atoms with Crippen LogP contribution in [0.25, 0.3) is 10.8 Å². The first-order valence-corrected chi connectivity index (χ1v) is 10.4. The highest BCUT2D eigenvalue weighted by Crippen LogP contribution is 2.25. The molecule has 30 heavy (non-hydrogen) atoms. The molecule has 3 N–H and O–H groups in total. The number of pyridine rings is 2. The van der Waals surface area contributed by atoms with Crippen molar-refractivity contribution in [3.63, 3.8) is 0 Å².